The first-order chi connectivity index (χ1) is 8.30. The fourth-order valence-electron chi connectivity index (χ4n) is 1.55. The molecule has 4 N–H and O–H groups in total. The third-order valence-corrected chi connectivity index (χ3v) is 3.45. The van der Waals surface area contributed by atoms with E-state index in [-0.39, 0.29) is 22.6 Å². The van der Waals surface area contributed by atoms with Crippen LogP contribution in [0.3, 0.4) is 0 Å². The first kappa shape index (κ1) is 18.9. The molecule has 0 aliphatic carbocycles. The van der Waals surface area contributed by atoms with E-state index >= 15 is 0 Å². The van der Waals surface area contributed by atoms with Crippen LogP contribution in [0.1, 0.15) is 0 Å². The molecular formula is C10H23Cl2MnN5+2. The maximum absolute atomic E-state index is 6.14. The summed E-state index contributed by atoms with van der Waals surface area (Å²) in [7, 11) is 0. The third kappa shape index (κ3) is 9.78. The van der Waals surface area contributed by atoms with Gasteiger partial charge in [-0.15, -0.1) is 11.6 Å². The van der Waals surface area contributed by atoms with Crippen LogP contribution in [-0.4, -0.2) is 68.8 Å². The average Bonchev–Trinajstić information content (AvgIpc) is 2.34. The monoisotopic (exact) mass is 338 g/mol. The minimum Gasteiger partial charge on any atom is -0.314 e. The third-order valence-electron chi connectivity index (χ3n) is 2.55. The smallest absolute Gasteiger partial charge is 0.314 e. The molecule has 1 saturated heterocycles. The Hall–Kier alpha value is 0.899. The van der Waals surface area contributed by atoms with Crippen molar-refractivity contribution in [3.63, 3.8) is 0 Å². The summed E-state index contributed by atoms with van der Waals surface area (Å²) in [4.78, 5) is 0. The molecule has 1 unspecified atom stereocenters. The van der Waals surface area contributed by atoms with E-state index in [4.69, 9.17) is 23.4 Å². The van der Waals surface area contributed by atoms with Gasteiger partial charge >= 0.3 is 17.1 Å². The molecule has 0 spiro atoms. The molecule has 1 radical (unpaired) electrons. The topological polar surface area (TPSA) is 51.4 Å². The maximum atomic E-state index is 6.14. The summed E-state index contributed by atoms with van der Waals surface area (Å²) in [6.07, 6.45) is 0. The summed E-state index contributed by atoms with van der Waals surface area (Å²) in [5, 5.41) is 13.3. The van der Waals surface area contributed by atoms with E-state index < -0.39 is 0 Å². The van der Waals surface area contributed by atoms with Gasteiger partial charge in [-0.05, 0) is 11.8 Å². The van der Waals surface area contributed by atoms with Crippen LogP contribution < -0.4 is 21.3 Å². The average molecular weight is 339 g/mol. The van der Waals surface area contributed by atoms with E-state index in [0.717, 1.165) is 52.4 Å². The van der Waals surface area contributed by atoms with Crippen molar-refractivity contribution in [3.05, 3.63) is 0 Å². The molecule has 8 heteroatoms. The number of hydrogen-bond acceptors (Lipinski definition) is 5. The van der Waals surface area contributed by atoms with E-state index in [1.807, 2.05) is 0 Å². The first-order valence-corrected chi connectivity index (χ1v) is 6.97. The second-order valence-electron chi connectivity index (χ2n) is 4.01. The van der Waals surface area contributed by atoms with Gasteiger partial charge in [0.25, 0.3) is 0 Å². The SMILES string of the molecule is ClC1CNCCNCCNCCNCCN1Cl.[Mn+2]. The molecule has 0 aromatic heterocycles. The quantitative estimate of drug-likeness (QED) is 0.205. The summed E-state index contributed by atoms with van der Waals surface area (Å²) in [5.74, 6) is 0. The van der Waals surface area contributed by atoms with Crippen molar-refractivity contribution < 1.29 is 17.1 Å². The largest absolute Gasteiger partial charge is 2.00 e. The van der Waals surface area contributed by atoms with Crippen molar-refractivity contribution >= 4 is 23.4 Å². The summed E-state index contributed by atoms with van der Waals surface area (Å²) >= 11 is 12.2. The zero-order valence-electron chi connectivity index (χ0n) is 10.5. The van der Waals surface area contributed by atoms with Crippen LogP contribution >= 0.6 is 23.4 Å². The molecule has 1 aliphatic rings. The Balaban J connectivity index is 0.00000289. The van der Waals surface area contributed by atoms with Crippen LogP contribution in [0.25, 0.3) is 0 Å². The molecule has 1 fully saturated rings. The van der Waals surface area contributed by atoms with Crippen molar-refractivity contribution in [2.45, 2.75) is 5.50 Å². The van der Waals surface area contributed by atoms with Crippen molar-refractivity contribution in [2.75, 3.05) is 58.9 Å². The molecule has 1 atom stereocenters. The minimum absolute atomic E-state index is 0. The van der Waals surface area contributed by atoms with E-state index in [1.165, 1.54) is 0 Å². The van der Waals surface area contributed by atoms with Gasteiger partial charge in [0.15, 0.2) is 0 Å². The zero-order valence-corrected chi connectivity index (χ0v) is 13.2. The molecule has 0 saturated carbocycles. The molecule has 107 valence electrons. The van der Waals surface area contributed by atoms with Crippen LogP contribution in [0, 0.1) is 0 Å². The fraction of sp³-hybridized carbons (Fsp3) is 1.00. The van der Waals surface area contributed by atoms with E-state index in [2.05, 4.69) is 21.3 Å². The predicted molar refractivity (Wildman–Crippen MR) is 73.7 cm³/mol. The summed E-state index contributed by atoms with van der Waals surface area (Å²) in [6.45, 7) is 8.09. The predicted octanol–water partition coefficient (Wildman–Crippen LogP) is -0.623. The van der Waals surface area contributed by atoms with E-state index in [1.54, 1.807) is 4.42 Å². The molecule has 18 heavy (non-hydrogen) atoms. The van der Waals surface area contributed by atoms with Gasteiger partial charge in [0.2, 0.25) is 0 Å². The van der Waals surface area contributed by atoms with E-state index in [0.29, 0.717) is 6.54 Å². The van der Waals surface area contributed by atoms with Gasteiger partial charge in [0, 0.05) is 58.9 Å². The normalized spacial score (nSPS) is 26.7. The Kier molecular flexibility index (Phi) is 13.6. The molecule has 5 nitrogen and oxygen atoms in total. The van der Waals surface area contributed by atoms with Crippen LogP contribution in [0.5, 0.6) is 0 Å². The standard InChI is InChI=1S/C10H23Cl2N5.Mn/c11-10-9-16-6-5-14-2-1-13-3-4-15-7-8-17(10)12;/h10,13-16H,1-9H2;/q;+2. The van der Waals surface area contributed by atoms with Gasteiger partial charge in [-0.2, -0.15) is 4.42 Å². The number of nitrogens with zero attached hydrogens (tertiary/aromatic N) is 1. The molecule has 0 aromatic rings. The van der Waals surface area contributed by atoms with Gasteiger partial charge in [0.05, 0.1) is 0 Å². The Morgan fingerprint density at radius 1 is 0.778 bits per heavy atom. The second kappa shape index (κ2) is 12.9. The van der Waals surface area contributed by atoms with Gasteiger partial charge < -0.3 is 21.3 Å². The fourth-order valence-corrected chi connectivity index (χ4v) is 1.91. The van der Waals surface area contributed by atoms with Gasteiger partial charge in [-0.1, -0.05) is 0 Å². The Bertz CT molecular complexity index is 172. The molecule has 1 heterocycles. The summed E-state index contributed by atoms with van der Waals surface area (Å²) in [5.41, 5.74) is -0.165. The van der Waals surface area contributed by atoms with Crippen LogP contribution in [0.15, 0.2) is 0 Å². The maximum Gasteiger partial charge on any atom is 2.00 e. The Labute approximate surface area is 130 Å². The van der Waals surface area contributed by atoms with Gasteiger partial charge in [-0.3, -0.25) is 0 Å². The van der Waals surface area contributed by atoms with Crippen molar-refractivity contribution in [1.29, 1.82) is 0 Å². The molecule has 1 aliphatic heterocycles. The molecular weight excluding hydrogens is 316 g/mol. The summed E-state index contributed by atoms with van der Waals surface area (Å²) < 4.78 is 1.64. The van der Waals surface area contributed by atoms with Crippen LogP contribution in [-0.2, 0) is 17.1 Å². The Morgan fingerprint density at radius 2 is 1.22 bits per heavy atom. The van der Waals surface area contributed by atoms with E-state index in [9.17, 15) is 0 Å². The van der Waals surface area contributed by atoms with Gasteiger partial charge in [0.1, 0.15) is 5.50 Å². The number of hydrogen-bond donors (Lipinski definition) is 4. The van der Waals surface area contributed by atoms with Crippen molar-refractivity contribution in [3.8, 4) is 0 Å². The van der Waals surface area contributed by atoms with Crippen molar-refractivity contribution in [1.82, 2.24) is 25.7 Å². The molecule has 0 bridgehead atoms. The Morgan fingerprint density at radius 3 is 1.78 bits per heavy atom. The first-order valence-electron chi connectivity index (χ1n) is 6.20. The number of alkyl halides is 1. The second-order valence-corrected chi connectivity index (χ2v) is 4.95. The summed E-state index contributed by atoms with van der Waals surface area (Å²) in [6, 6.07) is 0. The number of nitrogens with one attached hydrogen (secondary N) is 4. The van der Waals surface area contributed by atoms with Crippen LogP contribution in [0.2, 0.25) is 0 Å². The number of halogens is 2. The minimum atomic E-state index is -0.165. The molecule has 0 amide bonds. The van der Waals surface area contributed by atoms with Gasteiger partial charge in [-0.25, -0.2) is 0 Å². The molecule has 0 aromatic carbocycles. The van der Waals surface area contributed by atoms with Crippen LogP contribution in [0.4, 0.5) is 0 Å². The van der Waals surface area contributed by atoms with Crippen molar-refractivity contribution in [2.24, 2.45) is 0 Å². The number of rotatable bonds is 0. The zero-order chi connectivity index (χ0) is 12.3. The molecule has 1 rings (SSSR count).